The van der Waals surface area contributed by atoms with Crippen molar-refractivity contribution in [3.8, 4) is 0 Å². The lowest BCUT2D eigenvalue weighted by Gasteiger charge is -2.19. The van der Waals surface area contributed by atoms with Gasteiger partial charge in [0.2, 0.25) is 0 Å². The molecule has 1 amide bonds. The van der Waals surface area contributed by atoms with Gasteiger partial charge in [0.1, 0.15) is 0 Å². The van der Waals surface area contributed by atoms with Crippen molar-refractivity contribution in [3.63, 3.8) is 0 Å². The number of benzene rings is 2. The summed E-state index contributed by atoms with van der Waals surface area (Å²) in [5.74, 6) is -0.0598. The van der Waals surface area contributed by atoms with Gasteiger partial charge in [0.25, 0.3) is 5.91 Å². The first-order valence-electron chi connectivity index (χ1n) is 6.34. The van der Waals surface area contributed by atoms with Crippen LogP contribution in [0.2, 0.25) is 10.0 Å². The van der Waals surface area contributed by atoms with E-state index in [0.29, 0.717) is 22.2 Å². The van der Waals surface area contributed by atoms with Crippen LogP contribution in [0.4, 0.5) is 0 Å². The predicted molar refractivity (Wildman–Crippen MR) is 91.1 cm³/mol. The number of amides is 1. The van der Waals surface area contributed by atoms with Crippen LogP contribution in [0, 0.1) is 6.92 Å². The molecule has 5 heteroatoms. The van der Waals surface area contributed by atoms with E-state index in [4.69, 9.17) is 23.2 Å². The van der Waals surface area contributed by atoms with Crippen molar-refractivity contribution >= 4 is 45.0 Å². The van der Waals surface area contributed by atoms with E-state index in [1.165, 1.54) is 0 Å². The molecule has 0 fully saturated rings. The first kappa shape index (κ1) is 16.3. The monoisotopic (exact) mass is 385 g/mol. The van der Waals surface area contributed by atoms with Crippen LogP contribution in [0.15, 0.2) is 40.9 Å². The van der Waals surface area contributed by atoms with E-state index >= 15 is 0 Å². The highest BCUT2D eigenvalue weighted by Crippen LogP contribution is 2.26. The SMILES string of the molecule is Cc1cc(Br)cc(C(=O)N(C)Cc2cccc(Cl)c2Cl)c1. The Labute approximate surface area is 142 Å². The van der Waals surface area contributed by atoms with Gasteiger partial charge in [-0.15, -0.1) is 0 Å². The molecule has 0 spiro atoms. The maximum Gasteiger partial charge on any atom is 0.253 e. The van der Waals surface area contributed by atoms with Crippen LogP contribution in [0.3, 0.4) is 0 Å². The molecule has 2 aromatic carbocycles. The first-order chi connectivity index (χ1) is 9.88. The maximum absolute atomic E-state index is 12.5. The maximum atomic E-state index is 12.5. The van der Waals surface area contributed by atoms with Crippen LogP contribution in [0.25, 0.3) is 0 Å². The quantitative estimate of drug-likeness (QED) is 0.697. The molecular formula is C16H14BrCl2NO. The van der Waals surface area contributed by atoms with Crippen molar-refractivity contribution in [2.45, 2.75) is 13.5 Å². The van der Waals surface area contributed by atoms with Gasteiger partial charge < -0.3 is 4.90 Å². The molecule has 0 aliphatic carbocycles. The average molecular weight is 387 g/mol. The lowest BCUT2D eigenvalue weighted by molar-refractivity contribution is 0.0785. The minimum atomic E-state index is -0.0598. The molecule has 2 nitrogen and oxygen atoms in total. The standard InChI is InChI=1S/C16H14BrCl2NO/c1-10-6-12(8-13(17)7-10)16(21)20(2)9-11-4-3-5-14(18)15(11)19/h3-8H,9H2,1-2H3. The molecule has 2 aromatic rings. The number of hydrogen-bond donors (Lipinski definition) is 0. The zero-order valence-electron chi connectivity index (χ0n) is 11.7. The average Bonchev–Trinajstić information content (AvgIpc) is 2.42. The third-order valence-corrected chi connectivity index (χ3v) is 4.39. The highest BCUT2D eigenvalue weighted by Gasteiger charge is 2.15. The lowest BCUT2D eigenvalue weighted by Crippen LogP contribution is -2.26. The molecule has 110 valence electrons. The van der Waals surface area contributed by atoms with Crippen molar-refractivity contribution in [2.24, 2.45) is 0 Å². The summed E-state index contributed by atoms with van der Waals surface area (Å²) in [6.07, 6.45) is 0. The van der Waals surface area contributed by atoms with Crippen molar-refractivity contribution in [3.05, 3.63) is 67.6 Å². The predicted octanol–water partition coefficient (Wildman–Crippen LogP) is 5.34. The molecule has 0 bridgehead atoms. The fourth-order valence-electron chi connectivity index (χ4n) is 2.08. The third kappa shape index (κ3) is 4.00. The van der Waals surface area contributed by atoms with Crippen LogP contribution in [-0.2, 0) is 6.54 Å². The Morgan fingerprint density at radius 3 is 2.62 bits per heavy atom. The molecule has 0 aromatic heterocycles. The fraction of sp³-hybridized carbons (Fsp3) is 0.188. The van der Waals surface area contributed by atoms with Gasteiger partial charge in [0.15, 0.2) is 0 Å². The van der Waals surface area contributed by atoms with Crippen LogP contribution in [0.5, 0.6) is 0 Å². The summed E-state index contributed by atoms with van der Waals surface area (Å²) in [7, 11) is 1.75. The molecule has 0 saturated heterocycles. The summed E-state index contributed by atoms with van der Waals surface area (Å²) in [5, 5.41) is 0.984. The van der Waals surface area contributed by atoms with Gasteiger partial charge >= 0.3 is 0 Å². The molecule has 0 aliphatic rings. The van der Waals surface area contributed by atoms with E-state index in [0.717, 1.165) is 15.6 Å². The summed E-state index contributed by atoms with van der Waals surface area (Å²) in [4.78, 5) is 14.1. The molecule has 0 saturated carbocycles. The molecule has 0 aliphatic heterocycles. The summed E-state index contributed by atoms with van der Waals surface area (Å²) in [6, 6.07) is 11.1. The number of carbonyl (C=O) groups excluding carboxylic acids is 1. The summed E-state index contributed by atoms with van der Waals surface area (Å²) in [6.45, 7) is 2.36. The van der Waals surface area contributed by atoms with E-state index < -0.39 is 0 Å². The van der Waals surface area contributed by atoms with E-state index in [1.54, 1.807) is 18.0 Å². The van der Waals surface area contributed by atoms with Gasteiger partial charge in [-0.25, -0.2) is 0 Å². The van der Waals surface area contributed by atoms with Gasteiger partial charge in [-0.3, -0.25) is 4.79 Å². The largest absolute Gasteiger partial charge is 0.337 e. The molecule has 0 heterocycles. The minimum Gasteiger partial charge on any atom is -0.337 e. The zero-order chi connectivity index (χ0) is 15.6. The summed E-state index contributed by atoms with van der Waals surface area (Å²) in [5.41, 5.74) is 2.50. The van der Waals surface area contributed by atoms with E-state index in [2.05, 4.69) is 15.9 Å². The van der Waals surface area contributed by atoms with Gasteiger partial charge in [-0.1, -0.05) is 51.3 Å². The zero-order valence-corrected chi connectivity index (χ0v) is 14.8. The molecule has 0 unspecified atom stereocenters. The Kier molecular flexibility index (Phi) is 5.31. The normalized spacial score (nSPS) is 10.5. The van der Waals surface area contributed by atoms with Crippen LogP contribution in [-0.4, -0.2) is 17.9 Å². The number of carbonyl (C=O) groups is 1. The molecule has 2 rings (SSSR count). The second-order valence-corrected chi connectivity index (χ2v) is 6.59. The van der Waals surface area contributed by atoms with Gasteiger partial charge in [0.05, 0.1) is 10.0 Å². The Balaban J connectivity index is 2.21. The van der Waals surface area contributed by atoms with Crippen molar-refractivity contribution in [1.29, 1.82) is 0 Å². The lowest BCUT2D eigenvalue weighted by atomic mass is 10.1. The summed E-state index contributed by atoms with van der Waals surface area (Å²) >= 11 is 15.6. The Hall–Kier alpha value is -1.03. The van der Waals surface area contributed by atoms with E-state index in [-0.39, 0.29) is 5.91 Å². The van der Waals surface area contributed by atoms with Crippen LogP contribution >= 0.6 is 39.1 Å². The van der Waals surface area contributed by atoms with Gasteiger partial charge in [-0.2, -0.15) is 0 Å². The van der Waals surface area contributed by atoms with Crippen molar-refractivity contribution < 1.29 is 4.79 Å². The van der Waals surface area contributed by atoms with Crippen molar-refractivity contribution in [1.82, 2.24) is 4.90 Å². The second kappa shape index (κ2) is 6.82. The minimum absolute atomic E-state index is 0.0598. The molecular weight excluding hydrogens is 373 g/mol. The Bertz CT molecular complexity index is 668. The van der Waals surface area contributed by atoms with Crippen molar-refractivity contribution in [2.75, 3.05) is 7.05 Å². The fourth-order valence-corrected chi connectivity index (χ4v) is 3.07. The molecule has 0 radical (unpaired) electrons. The number of aryl methyl sites for hydroxylation is 1. The highest BCUT2D eigenvalue weighted by molar-refractivity contribution is 9.10. The first-order valence-corrected chi connectivity index (χ1v) is 7.89. The highest BCUT2D eigenvalue weighted by atomic mass is 79.9. The van der Waals surface area contributed by atoms with Gasteiger partial charge in [-0.05, 0) is 42.3 Å². The molecule has 0 atom stereocenters. The van der Waals surface area contributed by atoms with E-state index in [9.17, 15) is 4.79 Å². The number of rotatable bonds is 3. The number of nitrogens with zero attached hydrogens (tertiary/aromatic N) is 1. The number of halogens is 3. The Morgan fingerprint density at radius 2 is 1.95 bits per heavy atom. The molecule has 21 heavy (non-hydrogen) atoms. The Morgan fingerprint density at radius 1 is 1.24 bits per heavy atom. The van der Waals surface area contributed by atoms with E-state index in [1.807, 2.05) is 37.3 Å². The topological polar surface area (TPSA) is 20.3 Å². The number of hydrogen-bond acceptors (Lipinski definition) is 1. The van der Waals surface area contributed by atoms with Crippen LogP contribution in [0.1, 0.15) is 21.5 Å². The third-order valence-electron chi connectivity index (χ3n) is 3.07. The smallest absolute Gasteiger partial charge is 0.253 e. The second-order valence-electron chi connectivity index (χ2n) is 4.89. The molecule has 0 N–H and O–H groups in total. The van der Waals surface area contributed by atoms with Crippen LogP contribution < -0.4 is 0 Å². The summed E-state index contributed by atoms with van der Waals surface area (Å²) < 4.78 is 0.889. The van der Waals surface area contributed by atoms with Gasteiger partial charge in [0, 0.05) is 23.6 Å².